The SMILES string of the molecule is O=C(Nc1cccc(NC(=O)[C@H]2CCOC2)c1)c1cccs1. The fourth-order valence-corrected chi connectivity index (χ4v) is 2.88. The lowest BCUT2D eigenvalue weighted by Crippen LogP contribution is -2.22. The van der Waals surface area contributed by atoms with Crippen LogP contribution in [0.25, 0.3) is 0 Å². The lowest BCUT2D eigenvalue weighted by molar-refractivity contribution is -0.119. The van der Waals surface area contributed by atoms with E-state index in [0.717, 1.165) is 6.42 Å². The highest BCUT2D eigenvalue weighted by atomic mass is 32.1. The van der Waals surface area contributed by atoms with Crippen LogP contribution in [-0.2, 0) is 9.53 Å². The number of hydrogen-bond donors (Lipinski definition) is 2. The number of benzene rings is 1. The van der Waals surface area contributed by atoms with Crippen molar-refractivity contribution in [3.05, 3.63) is 46.7 Å². The highest BCUT2D eigenvalue weighted by Gasteiger charge is 2.23. The fourth-order valence-electron chi connectivity index (χ4n) is 2.26. The van der Waals surface area contributed by atoms with Crippen LogP contribution in [0.15, 0.2) is 41.8 Å². The van der Waals surface area contributed by atoms with Gasteiger partial charge in [-0.1, -0.05) is 12.1 Å². The third-order valence-corrected chi connectivity index (χ3v) is 4.30. The van der Waals surface area contributed by atoms with Crippen molar-refractivity contribution in [3.63, 3.8) is 0 Å². The molecule has 2 amide bonds. The third-order valence-electron chi connectivity index (χ3n) is 3.43. The maximum atomic E-state index is 12.1. The molecule has 2 heterocycles. The summed E-state index contributed by atoms with van der Waals surface area (Å²) in [6, 6.07) is 10.7. The first-order chi connectivity index (χ1) is 10.7. The Labute approximate surface area is 132 Å². The second-order valence-corrected chi connectivity index (χ2v) is 6.01. The topological polar surface area (TPSA) is 67.4 Å². The summed E-state index contributed by atoms with van der Waals surface area (Å²) >= 11 is 1.39. The highest BCUT2D eigenvalue weighted by molar-refractivity contribution is 7.12. The first-order valence-corrected chi connectivity index (χ1v) is 7.94. The zero-order valence-corrected chi connectivity index (χ0v) is 12.7. The molecule has 1 aliphatic heterocycles. The van der Waals surface area contributed by atoms with Crippen LogP contribution in [-0.4, -0.2) is 25.0 Å². The molecule has 0 spiro atoms. The van der Waals surface area contributed by atoms with Gasteiger partial charge in [0, 0.05) is 18.0 Å². The van der Waals surface area contributed by atoms with Gasteiger partial charge in [-0.2, -0.15) is 0 Å². The molecule has 6 heteroatoms. The minimum Gasteiger partial charge on any atom is -0.381 e. The normalized spacial score (nSPS) is 17.2. The summed E-state index contributed by atoms with van der Waals surface area (Å²) in [5.41, 5.74) is 1.32. The van der Waals surface area contributed by atoms with Crippen LogP contribution in [0.5, 0.6) is 0 Å². The molecule has 0 radical (unpaired) electrons. The minimum atomic E-state index is -0.150. The molecule has 0 bridgehead atoms. The molecule has 22 heavy (non-hydrogen) atoms. The Balaban J connectivity index is 1.64. The molecule has 1 fully saturated rings. The largest absolute Gasteiger partial charge is 0.381 e. The zero-order valence-electron chi connectivity index (χ0n) is 11.9. The zero-order chi connectivity index (χ0) is 15.4. The molecule has 1 saturated heterocycles. The van der Waals surface area contributed by atoms with E-state index in [4.69, 9.17) is 4.74 Å². The van der Waals surface area contributed by atoms with Gasteiger partial charge in [0.15, 0.2) is 0 Å². The Hall–Kier alpha value is -2.18. The van der Waals surface area contributed by atoms with Gasteiger partial charge in [-0.05, 0) is 36.1 Å². The standard InChI is InChI=1S/C16H16N2O3S/c19-15(11-6-7-21-10-11)17-12-3-1-4-13(9-12)18-16(20)14-5-2-8-22-14/h1-5,8-9,11H,6-7,10H2,(H,17,19)(H,18,20)/t11-/m0/s1. The van der Waals surface area contributed by atoms with Crippen LogP contribution in [0, 0.1) is 5.92 Å². The lowest BCUT2D eigenvalue weighted by atomic mass is 10.1. The fraction of sp³-hybridized carbons (Fsp3) is 0.250. The Morgan fingerprint density at radius 2 is 1.95 bits per heavy atom. The van der Waals surface area contributed by atoms with Crippen molar-refractivity contribution in [2.24, 2.45) is 5.92 Å². The number of amides is 2. The predicted molar refractivity (Wildman–Crippen MR) is 86.3 cm³/mol. The Kier molecular flexibility index (Phi) is 4.50. The second kappa shape index (κ2) is 6.72. The molecule has 5 nitrogen and oxygen atoms in total. The maximum absolute atomic E-state index is 12.1. The highest BCUT2D eigenvalue weighted by Crippen LogP contribution is 2.20. The number of ether oxygens (including phenoxy) is 1. The summed E-state index contributed by atoms with van der Waals surface area (Å²) in [6.45, 7) is 1.11. The number of thiophene rings is 1. The monoisotopic (exact) mass is 316 g/mol. The average Bonchev–Trinajstić information content (AvgIpc) is 3.21. The maximum Gasteiger partial charge on any atom is 0.265 e. The summed E-state index contributed by atoms with van der Waals surface area (Å²) in [5.74, 6) is -0.286. The van der Waals surface area contributed by atoms with Crippen molar-refractivity contribution in [2.45, 2.75) is 6.42 Å². The molecule has 0 saturated carbocycles. The Morgan fingerprint density at radius 1 is 1.14 bits per heavy atom. The van der Waals surface area contributed by atoms with E-state index in [1.165, 1.54) is 11.3 Å². The average molecular weight is 316 g/mol. The van der Waals surface area contributed by atoms with Crippen molar-refractivity contribution in [3.8, 4) is 0 Å². The summed E-state index contributed by atoms with van der Waals surface area (Å²) in [6.07, 6.45) is 0.751. The number of carbonyl (C=O) groups is 2. The third kappa shape index (κ3) is 3.52. The smallest absolute Gasteiger partial charge is 0.265 e. The van der Waals surface area contributed by atoms with Crippen molar-refractivity contribution in [2.75, 3.05) is 23.8 Å². The molecule has 3 rings (SSSR count). The van der Waals surface area contributed by atoms with Crippen LogP contribution < -0.4 is 10.6 Å². The van der Waals surface area contributed by atoms with Gasteiger partial charge in [-0.3, -0.25) is 9.59 Å². The van der Waals surface area contributed by atoms with Gasteiger partial charge in [-0.15, -0.1) is 11.3 Å². The predicted octanol–water partition coefficient (Wildman–Crippen LogP) is 2.98. The van der Waals surface area contributed by atoms with Crippen LogP contribution in [0.3, 0.4) is 0 Å². The van der Waals surface area contributed by atoms with Gasteiger partial charge in [0.1, 0.15) is 0 Å². The van der Waals surface area contributed by atoms with Gasteiger partial charge >= 0.3 is 0 Å². The molecule has 114 valence electrons. The van der Waals surface area contributed by atoms with Gasteiger partial charge in [0.25, 0.3) is 5.91 Å². The van der Waals surface area contributed by atoms with E-state index in [1.54, 1.807) is 30.3 Å². The van der Waals surface area contributed by atoms with E-state index in [-0.39, 0.29) is 17.7 Å². The molecule has 1 atom stereocenters. The number of anilines is 2. The van der Waals surface area contributed by atoms with Crippen LogP contribution in [0.4, 0.5) is 11.4 Å². The van der Waals surface area contributed by atoms with Gasteiger partial charge in [0.05, 0.1) is 17.4 Å². The molecule has 1 aromatic carbocycles. The van der Waals surface area contributed by atoms with E-state index in [0.29, 0.717) is 29.5 Å². The van der Waals surface area contributed by atoms with Crippen molar-refractivity contribution < 1.29 is 14.3 Å². The molecule has 1 aliphatic rings. The summed E-state index contributed by atoms with van der Waals surface area (Å²) in [5, 5.41) is 7.54. The van der Waals surface area contributed by atoms with Gasteiger partial charge in [0.2, 0.25) is 5.91 Å². The second-order valence-electron chi connectivity index (χ2n) is 5.06. The molecule has 0 unspecified atom stereocenters. The van der Waals surface area contributed by atoms with E-state index >= 15 is 0 Å². The number of nitrogens with one attached hydrogen (secondary N) is 2. The first-order valence-electron chi connectivity index (χ1n) is 7.06. The van der Waals surface area contributed by atoms with E-state index in [2.05, 4.69) is 10.6 Å². The van der Waals surface area contributed by atoms with Crippen LogP contribution in [0.2, 0.25) is 0 Å². The van der Waals surface area contributed by atoms with E-state index in [9.17, 15) is 9.59 Å². The Morgan fingerprint density at radius 3 is 2.64 bits per heavy atom. The van der Waals surface area contributed by atoms with Crippen LogP contribution >= 0.6 is 11.3 Å². The number of rotatable bonds is 4. The van der Waals surface area contributed by atoms with Crippen molar-refractivity contribution in [1.82, 2.24) is 0 Å². The number of carbonyl (C=O) groups excluding carboxylic acids is 2. The molecule has 2 N–H and O–H groups in total. The molecular formula is C16H16N2O3S. The number of hydrogen-bond acceptors (Lipinski definition) is 4. The molecular weight excluding hydrogens is 300 g/mol. The summed E-state index contributed by atoms with van der Waals surface area (Å²) in [7, 11) is 0. The molecule has 2 aromatic rings. The summed E-state index contributed by atoms with van der Waals surface area (Å²) in [4.78, 5) is 24.7. The minimum absolute atomic E-state index is 0.0424. The summed E-state index contributed by atoms with van der Waals surface area (Å²) < 4.78 is 5.22. The van der Waals surface area contributed by atoms with Crippen LogP contribution in [0.1, 0.15) is 16.1 Å². The lowest BCUT2D eigenvalue weighted by Gasteiger charge is -2.11. The van der Waals surface area contributed by atoms with Gasteiger partial charge in [-0.25, -0.2) is 0 Å². The van der Waals surface area contributed by atoms with Crippen molar-refractivity contribution in [1.29, 1.82) is 0 Å². The van der Waals surface area contributed by atoms with E-state index < -0.39 is 0 Å². The molecule has 0 aliphatic carbocycles. The Bertz CT molecular complexity index is 664. The van der Waals surface area contributed by atoms with E-state index in [1.807, 2.05) is 11.4 Å². The van der Waals surface area contributed by atoms with Crippen molar-refractivity contribution >= 4 is 34.5 Å². The van der Waals surface area contributed by atoms with Gasteiger partial charge < -0.3 is 15.4 Å². The first kappa shape index (κ1) is 14.7. The molecule has 1 aromatic heterocycles. The quantitative estimate of drug-likeness (QED) is 0.911.